The highest BCUT2D eigenvalue weighted by molar-refractivity contribution is 5.97. The molecule has 1 heterocycles. The second-order valence-corrected chi connectivity index (χ2v) is 6.12. The van der Waals surface area contributed by atoms with E-state index in [2.05, 4.69) is 16.4 Å². The van der Waals surface area contributed by atoms with E-state index >= 15 is 0 Å². The molecule has 1 N–H and O–H groups in total. The molecular formula is C20H23N3O3. The Morgan fingerprint density at radius 3 is 2.69 bits per heavy atom. The van der Waals surface area contributed by atoms with Gasteiger partial charge in [0.25, 0.3) is 5.91 Å². The van der Waals surface area contributed by atoms with Gasteiger partial charge in [0.2, 0.25) is 0 Å². The SMILES string of the molecule is COCCNC(=O)c1ccc2c(c1)nc(C)n2-c1cc(C)ccc1OC. The van der Waals surface area contributed by atoms with Crippen LogP contribution in [0.1, 0.15) is 21.7 Å². The third-order valence-corrected chi connectivity index (χ3v) is 4.25. The van der Waals surface area contributed by atoms with Crippen molar-refractivity contribution in [3.8, 4) is 11.4 Å². The molecule has 3 aromatic rings. The normalized spacial score (nSPS) is 10.9. The van der Waals surface area contributed by atoms with E-state index in [9.17, 15) is 4.79 Å². The summed E-state index contributed by atoms with van der Waals surface area (Å²) in [7, 11) is 3.26. The molecule has 6 heteroatoms. The number of hydrogen-bond donors (Lipinski definition) is 1. The largest absolute Gasteiger partial charge is 0.495 e. The van der Waals surface area contributed by atoms with Crippen molar-refractivity contribution in [2.24, 2.45) is 0 Å². The molecule has 0 aliphatic rings. The number of ether oxygens (including phenoxy) is 2. The lowest BCUT2D eigenvalue weighted by molar-refractivity contribution is 0.0937. The minimum Gasteiger partial charge on any atom is -0.495 e. The Morgan fingerprint density at radius 2 is 1.96 bits per heavy atom. The van der Waals surface area contributed by atoms with Crippen LogP contribution < -0.4 is 10.1 Å². The van der Waals surface area contributed by atoms with Gasteiger partial charge >= 0.3 is 0 Å². The van der Waals surface area contributed by atoms with E-state index in [1.807, 2.05) is 48.7 Å². The number of benzene rings is 2. The molecule has 0 radical (unpaired) electrons. The highest BCUT2D eigenvalue weighted by Gasteiger charge is 2.15. The van der Waals surface area contributed by atoms with Crippen LogP contribution >= 0.6 is 0 Å². The molecule has 1 aromatic heterocycles. The van der Waals surface area contributed by atoms with Crippen molar-refractivity contribution in [2.75, 3.05) is 27.4 Å². The van der Waals surface area contributed by atoms with Crippen molar-refractivity contribution in [2.45, 2.75) is 13.8 Å². The van der Waals surface area contributed by atoms with E-state index in [1.165, 1.54) is 0 Å². The Kier molecular flexibility index (Phi) is 5.23. The number of carbonyl (C=O) groups is 1. The van der Waals surface area contributed by atoms with Gasteiger partial charge in [-0.1, -0.05) is 6.07 Å². The zero-order chi connectivity index (χ0) is 18.7. The fourth-order valence-electron chi connectivity index (χ4n) is 2.99. The number of fused-ring (bicyclic) bond motifs is 1. The third kappa shape index (κ3) is 3.41. The number of nitrogens with one attached hydrogen (secondary N) is 1. The van der Waals surface area contributed by atoms with Crippen LogP contribution in [0.3, 0.4) is 0 Å². The van der Waals surface area contributed by atoms with Gasteiger partial charge in [-0.25, -0.2) is 4.98 Å². The van der Waals surface area contributed by atoms with Gasteiger partial charge in [-0.15, -0.1) is 0 Å². The number of carbonyl (C=O) groups excluding carboxylic acids is 1. The summed E-state index contributed by atoms with van der Waals surface area (Å²) in [4.78, 5) is 16.9. The Hall–Kier alpha value is -2.86. The molecule has 2 aromatic carbocycles. The first-order chi connectivity index (χ1) is 12.5. The smallest absolute Gasteiger partial charge is 0.251 e. The summed E-state index contributed by atoms with van der Waals surface area (Å²) >= 11 is 0. The molecule has 0 unspecified atom stereocenters. The second kappa shape index (κ2) is 7.58. The van der Waals surface area contributed by atoms with Gasteiger partial charge in [0, 0.05) is 19.2 Å². The Labute approximate surface area is 152 Å². The van der Waals surface area contributed by atoms with E-state index in [1.54, 1.807) is 14.2 Å². The molecule has 3 rings (SSSR count). The minimum atomic E-state index is -0.135. The first-order valence-corrected chi connectivity index (χ1v) is 8.46. The van der Waals surface area contributed by atoms with Crippen LogP contribution in [0.25, 0.3) is 16.7 Å². The molecule has 0 saturated heterocycles. The van der Waals surface area contributed by atoms with Gasteiger partial charge in [0.05, 0.1) is 30.4 Å². The second-order valence-electron chi connectivity index (χ2n) is 6.12. The average Bonchev–Trinajstić information content (AvgIpc) is 2.96. The van der Waals surface area contributed by atoms with Crippen molar-refractivity contribution in [3.05, 3.63) is 53.3 Å². The lowest BCUT2D eigenvalue weighted by atomic mass is 10.1. The quantitative estimate of drug-likeness (QED) is 0.692. The first kappa shape index (κ1) is 17.9. The summed E-state index contributed by atoms with van der Waals surface area (Å²) in [5, 5.41) is 2.82. The van der Waals surface area contributed by atoms with Gasteiger partial charge in [0.15, 0.2) is 0 Å². The molecular weight excluding hydrogens is 330 g/mol. The Balaban J connectivity index is 2.03. The molecule has 0 spiro atoms. The van der Waals surface area contributed by atoms with Crippen molar-refractivity contribution in [1.29, 1.82) is 0 Å². The fraction of sp³-hybridized carbons (Fsp3) is 0.300. The number of aryl methyl sites for hydroxylation is 2. The number of amides is 1. The van der Waals surface area contributed by atoms with E-state index in [0.717, 1.165) is 33.9 Å². The number of nitrogens with zero attached hydrogens (tertiary/aromatic N) is 2. The lowest BCUT2D eigenvalue weighted by Gasteiger charge is -2.13. The number of imidazole rings is 1. The maximum atomic E-state index is 12.2. The molecule has 0 fully saturated rings. The first-order valence-electron chi connectivity index (χ1n) is 8.46. The standard InChI is InChI=1S/C20H23N3O3/c1-13-5-8-19(26-4)18(11-13)23-14(2)22-16-12-15(6-7-17(16)23)20(24)21-9-10-25-3/h5-8,11-12H,9-10H2,1-4H3,(H,21,24). The predicted molar refractivity (Wildman–Crippen MR) is 101 cm³/mol. The van der Waals surface area contributed by atoms with Crippen LogP contribution in [0.4, 0.5) is 0 Å². The van der Waals surface area contributed by atoms with Gasteiger partial charge in [0.1, 0.15) is 11.6 Å². The summed E-state index contributed by atoms with van der Waals surface area (Å²) in [5.74, 6) is 1.48. The van der Waals surface area contributed by atoms with E-state index < -0.39 is 0 Å². The third-order valence-electron chi connectivity index (χ3n) is 4.25. The molecule has 6 nitrogen and oxygen atoms in total. The summed E-state index contributed by atoms with van der Waals surface area (Å²) in [6, 6.07) is 11.6. The summed E-state index contributed by atoms with van der Waals surface area (Å²) in [6.45, 7) is 4.94. The van der Waals surface area contributed by atoms with E-state index in [-0.39, 0.29) is 5.91 Å². The van der Waals surface area contributed by atoms with Gasteiger partial charge in [-0.2, -0.15) is 0 Å². The summed E-state index contributed by atoms with van der Waals surface area (Å²) < 4.78 is 12.5. The van der Waals surface area contributed by atoms with Crippen molar-refractivity contribution in [3.63, 3.8) is 0 Å². The number of hydrogen-bond acceptors (Lipinski definition) is 4. The molecule has 0 bridgehead atoms. The zero-order valence-electron chi connectivity index (χ0n) is 15.5. The van der Waals surface area contributed by atoms with Gasteiger partial charge in [-0.3, -0.25) is 9.36 Å². The monoisotopic (exact) mass is 353 g/mol. The molecule has 0 atom stereocenters. The summed E-state index contributed by atoms with van der Waals surface area (Å²) in [6.07, 6.45) is 0. The average molecular weight is 353 g/mol. The molecule has 136 valence electrons. The van der Waals surface area contributed by atoms with E-state index in [4.69, 9.17) is 9.47 Å². The highest BCUT2D eigenvalue weighted by Crippen LogP contribution is 2.29. The maximum Gasteiger partial charge on any atom is 0.251 e. The summed E-state index contributed by atoms with van der Waals surface area (Å²) in [5.41, 5.74) is 4.35. The zero-order valence-corrected chi connectivity index (χ0v) is 15.5. The van der Waals surface area contributed by atoms with Crippen molar-refractivity contribution in [1.82, 2.24) is 14.9 Å². The maximum absolute atomic E-state index is 12.2. The molecule has 0 aliphatic heterocycles. The number of rotatable bonds is 6. The molecule has 0 aliphatic carbocycles. The lowest BCUT2D eigenvalue weighted by Crippen LogP contribution is -2.26. The van der Waals surface area contributed by atoms with Crippen LogP contribution in [0.5, 0.6) is 5.75 Å². The highest BCUT2D eigenvalue weighted by atomic mass is 16.5. The molecule has 0 saturated carbocycles. The predicted octanol–water partition coefficient (Wildman–Crippen LogP) is 3.03. The Bertz CT molecular complexity index is 947. The Morgan fingerprint density at radius 1 is 1.15 bits per heavy atom. The number of aromatic nitrogens is 2. The van der Waals surface area contributed by atoms with Crippen molar-refractivity contribution < 1.29 is 14.3 Å². The molecule has 26 heavy (non-hydrogen) atoms. The van der Waals surface area contributed by atoms with Crippen LogP contribution in [-0.4, -0.2) is 42.8 Å². The van der Waals surface area contributed by atoms with E-state index in [0.29, 0.717) is 18.7 Å². The van der Waals surface area contributed by atoms with Crippen LogP contribution in [-0.2, 0) is 4.74 Å². The molecule has 1 amide bonds. The minimum absolute atomic E-state index is 0.135. The fourth-order valence-corrected chi connectivity index (χ4v) is 2.99. The van der Waals surface area contributed by atoms with Crippen molar-refractivity contribution >= 4 is 16.9 Å². The van der Waals surface area contributed by atoms with Crippen LogP contribution in [0, 0.1) is 13.8 Å². The van der Waals surface area contributed by atoms with Crippen LogP contribution in [0.2, 0.25) is 0 Å². The van der Waals surface area contributed by atoms with Gasteiger partial charge in [-0.05, 0) is 49.7 Å². The van der Waals surface area contributed by atoms with Crippen LogP contribution in [0.15, 0.2) is 36.4 Å². The van der Waals surface area contributed by atoms with Gasteiger partial charge < -0.3 is 14.8 Å². The topological polar surface area (TPSA) is 65.4 Å². The number of methoxy groups -OCH3 is 2.